The summed E-state index contributed by atoms with van der Waals surface area (Å²) in [5.74, 6) is -0.299. The van der Waals surface area contributed by atoms with Gasteiger partial charge >= 0.3 is 0 Å². The molecule has 1 aromatic carbocycles. The second-order valence-corrected chi connectivity index (χ2v) is 6.64. The Labute approximate surface area is 146 Å². The number of carbonyl (C=O) groups is 2. The zero-order chi connectivity index (χ0) is 17.1. The molecule has 0 fully saturated rings. The van der Waals surface area contributed by atoms with Gasteiger partial charge in [-0.3, -0.25) is 14.2 Å². The molecule has 0 saturated carbocycles. The molecule has 5 heteroatoms. The Hall–Kier alpha value is -2.07. The number of nitrogens with one attached hydrogen (secondary N) is 1. The third-order valence-corrected chi connectivity index (χ3v) is 4.70. The summed E-state index contributed by atoms with van der Waals surface area (Å²) in [6, 6.07) is 5.22. The Morgan fingerprint density at radius 1 is 1.29 bits per heavy atom. The van der Waals surface area contributed by atoms with E-state index in [0.717, 1.165) is 19.3 Å². The minimum atomic E-state index is -0.168. The number of aromatic nitrogens is 1. The summed E-state index contributed by atoms with van der Waals surface area (Å²) >= 11 is 6.06. The van der Waals surface area contributed by atoms with E-state index in [1.807, 2.05) is 0 Å². The van der Waals surface area contributed by atoms with Crippen molar-refractivity contribution in [3.63, 3.8) is 0 Å². The van der Waals surface area contributed by atoms with Crippen LogP contribution < -0.4 is 5.32 Å². The van der Waals surface area contributed by atoms with E-state index in [9.17, 15) is 9.59 Å². The number of amides is 1. The normalized spacial score (nSPS) is 14.5. The van der Waals surface area contributed by atoms with Crippen molar-refractivity contribution in [3.8, 4) is 0 Å². The van der Waals surface area contributed by atoms with E-state index in [4.69, 9.17) is 11.6 Å². The van der Waals surface area contributed by atoms with Crippen LogP contribution >= 0.6 is 11.6 Å². The molecule has 0 radical (unpaired) electrons. The molecule has 126 valence electrons. The quantitative estimate of drug-likeness (QED) is 0.825. The van der Waals surface area contributed by atoms with Crippen molar-refractivity contribution in [1.82, 2.24) is 9.88 Å². The largest absolute Gasteiger partial charge is 0.352 e. The molecule has 4 nitrogen and oxygen atoms in total. The highest BCUT2D eigenvalue weighted by molar-refractivity contribution is 6.31. The van der Waals surface area contributed by atoms with Gasteiger partial charge in [-0.2, -0.15) is 0 Å². The Balaban J connectivity index is 1.77. The topological polar surface area (TPSA) is 51.1 Å². The third-order valence-electron chi connectivity index (χ3n) is 4.47. The maximum atomic E-state index is 12.5. The first kappa shape index (κ1) is 16.8. The molecule has 3 rings (SSSR count). The van der Waals surface area contributed by atoms with Crippen LogP contribution in [0.15, 0.2) is 36.0 Å². The van der Waals surface area contributed by atoms with Crippen molar-refractivity contribution in [2.75, 3.05) is 6.54 Å². The first-order valence-electron chi connectivity index (χ1n) is 8.34. The predicted octanol–water partition coefficient (Wildman–Crippen LogP) is 4.58. The van der Waals surface area contributed by atoms with Crippen molar-refractivity contribution in [3.05, 3.63) is 46.6 Å². The van der Waals surface area contributed by atoms with Gasteiger partial charge in [0.1, 0.15) is 0 Å². The molecule has 0 spiro atoms. The average Bonchev–Trinajstić information content (AvgIpc) is 2.94. The van der Waals surface area contributed by atoms with Gasteiger partial charge in [-0.1, -0.05) is 23.3 Å². The van der Waals surface area contributed by atoms with E-state index in [0.29, 0.717) is 28.0 Å². The van der Waals surface area contributed by atoms with Crippen molar-refractivity contribution in [2.24, 2.45) is 0 Å². The molecular weight excluding hydrogens is 324 g/mol. The fourth-order valence-electron chi connectivity index (χ4n) is 3.21. The molecule has 1 aliphatic rings. The molecule has 0 saturated heterocycles. The molecule has 2 aromatic rings. The lowest BCUT2D eigenvalue weighted by atomic mass is 9.97. The molecule has 0 atom stereocenters. The zero-order valence-corrected chi connectivity index (χ0v) is 14.5. The lowest BCUT2D eigenvalue weighted by Gasteiger charge is -2.12. The SMILES string of the molecule is CC(=O)n1cc(C(=O)NCCC2=CCCCC2)c2cc(Cl)ccc21. The molecule has 24 heavy (non-hydrogen) atoms. The maximum Gasteiger partial charge on any atom is 0.253 e. The summed E-state index contributed by atoms with van der Waals surface area (Å²) in [4.78, 5) is 24.3. The highest BCUT2D eigenvalue weighted by atomic mass is 35.5. The summed E-state index contributed by atoms with van der Waals surface area (Å²) < 4.78 is 1.49. The fraction of sp³-hybridized carbons (Fsp3) is 0.368. The van der Waals surface area contributed by atoms with Crippen LogP contribution in [0, 0.1) is 0 Å². The summed E-state index contributed by atoms with van der Waals surface area (Å²) in [5, 5.41) is 4.21. The monoisotopic (exact) mass is 344 g/mol. The number of allylic oxidation sites excluding steroid dienone is 1. The fourth-order valence-corrected chi connectivity index (χ4v) is 3.38. The minimum Gasteiger partial charge on any atom is -0.352 e. The van der Waals surface area contributed by atoms with Crippen LogP contribution in [0.25, 0.3) is 10.9 Å². The number of nitrogens with zero attached hydrogens (tertiary/aromatic N) is 1. The standard InChI is InChI=1S/C19H21ClN2O2/c1-13(23)22-12-17(16-11-15(20)7-8-18(16)22)19(24)21-10-9-14-5-3-2-4-6-14/h5,7-8,11-12H,2-4,6,9-10H2,1H3,(H,21,24). The highest BCUT2D eigenvalue weighted by Crippen LogP contribution is 2.25. The van der Waals surface area contributed by atoms with Gasteiger partial charge in [0.2, 0.25) is 5.91 Å². The van der Waals surface area contributed by atoms with Gasteiger partial charge in [0.15, 0.2) is 0 Å². The number of benzene rings is 1. The number of hydrogen-bond acceptors (Lipinski definition) is 2. The van der Waals surface area contributed by atoms with Crippen LogP contribution in [-0.2, 0) is 0 Å². The molecule has 1 aromatic heterocycles. The number of fused-ring (bicyclic) bond motifs is 1. The van der Waals surface area contributed by atoms with Gasteiger partial charge in [-0.25, -0.2) is 0 Å². The molecule has 1 amide bonds. The predicted molar refractivity (Wildman–Crippen MR) is 96.7 cm³/mol. The first-order chi connectivity index (χ1) is 11.6. The second kappa shape index (κ2) is 7.22. The second-order valence-electron chi connectivity index (χ2n) is 6.21. The third kappa shape index (κ3) is 3.54. The maximum absolute atomic E-state index is 12.5. The van der Waals surface area contributed by atoms with Crippen LogP contribution in [0.2, 0.25) is 5.02 Å². The van der Waals surface area contributed by atoms with E-state index in [1.165, 1.54) is 29.9 Å². The summed E-state index contributed by atoms with van der Waals surface area (Å²) in [5.41, 5.74) is 2.61. The van der Waals surface area contributed by atoms with E-state index >= 15 is 0 Å². The number of hydrogen-bond donors (Lipinski definition) is 1. The van der Waals surface area contributed by atoms with Gasteiger partial charge < -0.3 is 5.32 Å². The van der Waals surface area contributed by atoms with Crippen molar-refractivity contribution in [1.29, 1.82) is 0 Å². The summed E-state index contributed by atoms with van der Waals surface area (Å²) in [7, 11) is 0. The Kier molecular flexibility index (Phi) is 5.05. The molecule has 1 aliphatic carbocycles. The van der Waals surface area contributed by atoms with Gasteiger partial charge in [0.25, 0.3) is 5.91 Å². The first-order valence-corrected chi connectivity index (χ1v) is 8.71. The number of rotatable bonds is 4. The Morgan fingerprint density at radius 3 is 2.83 bits per heavy atom. The van der Waals surface area contributed by atoms with Crippen LogP contribution in [0.3, 0.4) is 0 Å². The van der Waals surface area contributed by atoms with E-state index < -0.39 is 0 Å². The number of carbonyl (C=O) groups excluding carboxylic acids is 2. The molecular formula is C19H21ClN2O2. The number of halogens is 1. The van der Waals surface area contributed by atoms with Crippen molar-refractivity contribution >= 4 is 34.3 Å². The molecule has 1 heterocycles. The van der Waals surface area contributed by atoms with Gasteiger partial charge in [0.05, 0.1) is 11.1 Å². The van der Waals surface area contributed by atoms with Gasteiger partial charge in [-0.05, 0) is 50.3 Å². The van der Waals surface area contributed by atoms with Gasteiger partial charge in [0, 0.05) is 30.1 Å². The smallest absolute Gasteiger partial charge is 0.253 e. The highest BCUT2D eigenvalue weighted by Gasteiger charge is 2.17. The average molecular weight is 345 g/mol. The Morgan fingerprint density at radius 2 is 2.12 bits per heavy atom. The van der Waals surface area contributed by atoms with Crippen LogP contribution in [0.1, 0.15) is 54.2 Å². The van der Waals surface area contributed by atoms with Crippen molar-refractivity contribution in [2.45, 2.75) is 39.0 Å². The van der Waals surface area contributed by atoms with E-state index in [-0.39, 0.29) is 11.8 Å². The lowest BCUT2D eigenvalue weighted by Crippen LogP contribution is -2.24. The van der Waals surface area contributed by atoms with Crippen LogP contribution in [0.4, 0.5) is 0 Å². The summed E-state index contributed by atoms with van der Waals surface area (Å²) in [6.07, 6.45) is 9.56. The minimum absolute atomic E-state index is 0.131. The van der Waals surface area contributed by atoms with Crippen molar-refractivity contribution < 1.29 is 9.59 Å². The van der Waals surface area contributed by atoms with Crippen LogP contribution in [0.5, 0.6) is 0 Å². The van der Waals surface area contributed by atoms with Crippen LogP contribution in [-0.4, -0.2) is 22.9 Å². The molecule has 1 N–H and O–H groups in total. The molecule has 0 aliphatic heterocycles. The molecule has 0 bridgehead atoms. The lowest BCUT2D eigenvalue weighted by molar-refractivity contribution is 0.0941. The summed E-state index contributed by atoms with van der Waals surface area (Å²) in [6.45, 7) is 2.09. The van der Waals surface area contributed by atoms with E-state index in [1.54, 1.807) is 24.4 Å². The van der Waals surface area contributed by atoms with Gasteiger partial charge in [-0.15, -0.1) is 0 Å². The zero-order valence-electron chi connectivity index (χ0n) is 13.8. The molecule has 0 unspecified atom stereocenters. The van der Waals surface area contributed by atoms with E-state index in [2.05, 4.69) is 11.4 Å². The Bertz CT molecular complexity index is 820.